The lowest BCUT2D eigenvalue weighted by Crippen LogP contribution is -2.49. The maximum absolute atomic E-state index is 12.8. The van der Waals surface area contributed by atoms with E-state index in [0.717, 1.165) is 30.6 Å². The summed E-state index contributed by atoms with van der Waals surface area (Å²) in [4.78, 5) is 12.8. The molecule has 1 amide bonds. The van der Waals surface area contributed by atoms with Gasteiger partial charge in [0.05, 0.1) is 23.3 Å². The molecule has 0 radical (unpaired) electrons. The highest BCUT2D eigenvalue weighted by atomic mass is 16.5. The number of nitrogens with zero attached hydrogens (tertiary/aromatic N) is 2. The van der Waals surface area contributed by atoms with Crippen molar-refractivity contribution in [3.8, 4) is 5.69 Å². The quantitative estimate of drug-likeness (QED) is 0.857. The average Bonchev–Trinajstić information content (AvgIpc) is 3.30. The molecule has 4 rings (SSSR count). The third-order valence-electron chi connectivity index (χ3n) is 5.75. The molecule has 0 spiro atoms. The van der Waals surface area contributed by atoms with Crippen LogP contribution in [0.1, 0.15) is 36.2 Å². The lowest BCUT2D eigenvalue weighted by molar-refractivity contribution is -0.136. The second-order valence-corrected chi connectivity index (χ2v) is 7.25. The van der Waals surface area contributed by atoms with Gasteiger partial charge in [-0.25, -0.2) is 4.68 Å². The van der Waals surface area contributed by atoms with Gasteiger partial charge in [-0.3, -0.25) is 4.79 Å². The van der Waals surface area contributed by atoms with Crippen molar-refractivity contribution in [3.63, 3.8) is 0 Å². The Hall–Kier alpha value is -2.18. The summed E-state index contributed by atoms with van der Waals surface area (Å²) in [6, 6.07) is 10.2. The first-order chi connectivity index (χ1) is 12.7. The van der Waals surface area contributed by atoms with E-state index in [9.17, 15) is 4.79 Å². The molecule has 6 heteroatoms. The summed E-state index contributed by atoms with van der Waals surface area (Å²) in [5.74, 6) is 0.0318. The van der Waals surface area contributed by atoms with Crippen LogP contribution in [-0.4, -0.2) is 35.4 Å². The molecule has 1 aromatic heterocycles. The van der Waals surface area contributed by atoms with Crippen molar-refractivity contribution in [1.29, 1.82) is 0 Å². The molecule has 6 nitrogen and oxygen atoms in total. The summed E-state index contributed by atoms with van der Waals surface area (Å²) in [7, 11) is 0. The van der Waals surface area contributed by atoms with Crippen molar-refractivity contribution in [2.45, 2.75) is 38.6 Å². The van der Waals surface area contributed by atoms with Crippen LogP contribution in [0.15, 0.2) is 30.3 Å². The number of carbonyl (C=O) groups excluding carboxylic acids is 1. The summed E-state index contributed by atoms with van der Waals surface area (Å²) < 4.78 is 7.44. The number of para-hydroxylation sites is 1. The normalized spacial score (nSPS) is 18.5. The molecule has 1 aliphatic carbocycles. The molecule has 1 aromatic carbocycles. The van der Waals surface area contributed by atoms with Crippen LogP contribution in [0.4, 0.5) is 0 Å². The summed E-state index contributed by atoms with van der Waals surface area (Å²) in [6.45, 7) is 2.02. The molecule has 0 unspecified atom stereocenters. The third kappa shape index (κ3) is 3.04. The van der Waals surface area contributed by atoms with Gasteiger partial charge in [0.1, 0.15) is 0 Å². The van der Waals surface area contributed by atoms with Gasteiger partial charge in [0.25, 0.3) is 0 Å². The zero-order valence-electron chi connectivity index (χ0n) is 15.0. The fourth-order valence-electron chi connectivity index (χ4n) is 4.08. The number of fused-ring (bicyclic) bond motifs is 1. The van der Waals surface area contributed by atoms with Gasteiger partial charge in [0, 0.05) is 25.5 Å². The molecule has 1 fully saturated rings. The molecule has 2 aromatic rings. The lowest BCUT2D eigenvalue weighted by atomic mass is 9.79. The second kappa shape index (κ2) is 7.21. The molecule has 1 saturated heterocycles. The van der Waals surface area contributed by atoms with E-state index in [2.05, 4.69) is 17.4 Å². The molecule has 2 aliphatic rings. The van der Waals surface area contributed by atoms with Crippen molar-refractivity contribution in [2.75, 3.05) is 19.8 Å². The minimum atomic E-state index is -0.497. The predicted molar refractivity (Wildman–Crippen MR) is 99.0 cm³/mol. The van der Waals surface area contributed by atoms with Crippen molar-refractivity contribution in [2.24, 2.45) is 11.1 Å². The number of rotatable bonds is 5. The Morgan fingerprint density at radius 2 is 2.00 bits per heavy atom. The molecule has 138 valence electrons. The van der Waals surface area contributed by atoms with Crippen LogP contribution in [0.25, 0.3) is 5.69 Å². The molecule has 3 N–H and O–H groups in total. The maximum Gasteiger partial charge on any atom is 0.227 e. The van der Waals surface area contributed by atoms with E-state index >= 15 is 0 Å². The fraction of sp³-hybridized carbons (Fsp3) is 0.500. The number of hydrogen-bond donors (Lipinski definition) is 2. The first-order valence-corrected chi connectivity index (χ1v) is 9.45. The largest absolute Gasteiger partial charge is 0.381 e. The Kier molecular flexibility index (Phi) is 4.78. The van der Waals surface area contributed by atoms with Gasteiger partial charge in [-0.2, -0.15) is 5.10 Å². The Balaban J connectivity index is 1.53. The van der Waals surface area contributed by atoms with E-state index in [1.165, 1.54) is 11.3 Å². The summed E-state index contributed by atoms with van der Waals surface area (Å²) >= 11 is 0. The standard InChI is InChI=1S/C20H26N4O2/c21-14-20(9-11-26-12-10-20)19(25)22-13-17-16-7-4-8-18(16)24(23-17)15-5-2-1-3-6-15/h1-3,5-6H,4,7-14,21H2,(H,22,25). The Bertz CT molecular complexity index is 779. The van der Waals surface area contributed by atoms with Crippen molar-refractivity contribution in [1.82, 2.24) is 15.1 Å². The van der Waals surface area contributed by atoms with Crippen LogP contribution in [0.5, 0.6) is 0 Å². The van der Waals surface area contributed by atoms with Crippen molar-refractivity contribution >= 4 is 5.91 Å². The van der Waals surface area contributed by atoms with E-state index in [4.69, 9.17) is 15.6 Å². The Morgan fingerprint density at radius 3 is 2.73 bits per heavy atom. The molecule has 1 aliphatic heterocycles. The minimum absolute atomic E-state index is 0.0318. The Labute approximate surface area is 153 Å². The molecule has 26 heavy (non-hydrogen) atoms. The number of amides is 1. The van der Waals surface area contributed by atoms with E-state index < -0.39 is 5.41 Å². The number of hydrogen-bond acceptors (Lipinski definition) is 4. The number of carbonyl (C=O) groups is 1. The van der Waals surface area contributed by atoms with E-state index in [1.807, 2.05) is 22.9 Å². The van der Waals surface area contributed by atoms with Gasteiger partial charge in [0.15, 0.2) is 0 Å². The maximum atomic E-state index is 12.8. The van der Waals surface area contributed by atoms with E-state index in [-0.39, 0.29) is 5.91 Å². The van der Waals surface area contributed by atoms with Crippen LogP contribution in [-0.2, 0) is 28.9 Å². The van der Waals surface area contributed by atoms with E-state index in [0.29, 0.717) is 39.1 Å². The van der Waals surface area contributed by atoms with Crippen LogP contribution >= 0.6 is 0 Å². The number of benzene rings is 1. The van der Waals surface area contributed by atoms with Gasteiger partial charge >= 0.3 is 0 Å². The first-order valence-electron chi connectivity index (χ1n) is 9.45. The molecule has 0 atom stereocenters. The molecular formula is C20H26N4O2. The minimum Gasteiger partial charge on any atom is -0.381 e. The van der Waals surface area contributed by atoms with Crippen LogP contribution in [0.2, 0.25) is 0 Å². The van der Waals surface area contributed by atoms with Gasteiger partial charge in [0.2, 0.25) is 5.91 Å². The van der Waals surface area contributed by atoms with Gasteiger partial charge < -0.3 is 15.8 Å². The predicted octanol–water partition coefficient (Wildman–Crippen LogP) is 1.73. The zero-order valence-corrected chi connectivity index (χ0v) is 15.0. The van der Waals surface area contributed by atoms with Gasteiger partial charge in [-0.15, -0.1) is 0 Å². The van der Waals surface area contributed by atoms with E-state index in [1.54, 1.807) is 0 Å². The highest BCUT2D eigenvalue weighted by Gasteiger charge is 2.38. The number of aromatic nitrogens is 2. The highest BCUT2D eigenvalue weighted by Crippen LogP contribution is 2.31. The smallest absolute Gasteiger partial charge is 0.227 e. The van der Waals surface area contributed by atoms with Gasteiger partial charge in [-0.1, -0.05) is 18.2 Å². The summed E-state index contributed by atoms with van der Waals surface area (Å²) in [5.41, 5.74) is 10.1. The van der Waals surface area contributed by atoms with Crippen molar-refractivity contribution in [3.05, 3.63) is 47.3 Å². The first kappa shape index (κ1) is 17.2. The molecule has 0 saturated carbocycles. The van der Waals surface area contributed by atoms with Crippen LogP contribution in [0, 0.1) is 5.41 Å². The molecule has 0 bridgehead atoms. The SMILES string of the molecule is NCC1(C(=O)NCc2nn(-c3ccccc3)c3c2CCC3)CCOCC1. The molecular weight excluding hydrogens is 328 g/mol. The zero-order chi connectivity index (χ0) is 18.0. The summed E-state index contributed by atoms with van der Waals surface area (Å²) in [6.07, 6.45) is 4.58. The second-order valence-electron chi connectivity index (χ2n) is 7.25. The Morgan fingerprint density at radius 1 is 1.23 bits per heavy atom. The topological polar surface area (TPSA) is 82.2 Å². The molecule has 2 heterocycles. The van der Waals surface area contributed by atoms with Crippen molar-refractivity contribution < 1.29 is 9.53 Å². The van der Waals surface area contributed by atoms with Crippen LogP contribution in [0.3, 0.4) is 0 Å². The summed E-state index contributed by atoms with van der Waals surface area (Å²) in [5, 5.41) is 7.92. The fourth-order valence-corrected chi connectivity index (χ4v) is 4.08. The monoisotopic (exact) mass is 354 g/mol. The highest BCUT2D eigenvalue weighted by molar-refractivity contribution is 5.83. The number of ether oxygens (including phenoxy) is 1. The van der Waals surface area contributed by atoms with Gasteiger partial charge in [-0.05, 0) is 49.8 Å². The number of nitrogens with one attached hydrogen (secondary N) is 1. The third-order valence-corrected chi connectivity index (χ3v) is 5.75. The number of nitrogens with two attached hydrogens (primary N) is 1. The average molecular weight is 354 g/mol. The lowest BCUT2D eigenvalue weighted by Gasteiger charge is -2.34. The van der Waals surface area contributed by atoms with Crippen LogP contribution < -0.4 is 11.1 Å².